The topological polar surface area (TPSA) is 55.1 Å². The fourth-order valence-electron chi connectivity index (χ4n) is 1.06. The van der Waals surface area contributed by atoms with Crippen molar-refractivity contribution in [3.05, 3.63) is 28.2 Å². The van der Waals surface area contributed by atoms with Crippen molar-refractivity contribution in [2.24, 2.45) is 5.73 Å². The summed E-state index contributed by atoms with van der Waals surface area (Å²) in [6.45, 7) is 0.509. The van der Waals surface area contributed by atoms with Crippen molar-refractivity contribution < 1.29 is 4.79 Å². The number of anilines is 1. The van der Waals surface area contributed by atoms with E-state index in [-0.39, 0.29) is 5.91 Å². The van der Waals surface area contributed by atoms with E-state index in [1.54, 1.807) is 18.2 Å². The van der Waals surface area contributed by atoms with Crippen LogP contribution in [0.25, 0.3) is 0 Å². The lowest BCUT2D eigenvalue weighted by Crippen LogP contribution is -2.13. The minimum Gasteiger partial charge on any atom is -0.330 e. The van der Waals surface area contributed by atoms with Gasteiger partial charge < -0.3 is 11.1 Å². The molecule has 0 fully saturated rings. The molecule has 0 unspecified atom stereocenters. The number of hydrogen-bond acceptors (Lipinski definition) is 2. The van der Waals surface area contributed by atoms with Gasteiger partial charge in [0.05, 0.1) is 10.0 Å². The Kier molecular flexibility index (Phi) is 4.88. The number of carbonyl (C=O) groups is 1. The summed E-state index contributed by atoms with van der Waals surface area (Å²) in [6.07, 6.45) is 1.09. The third-order valence-electron chi connectivity index (χ3n) is 1.81. The van der Waals surface area contributed by atoms with Gasteiger partial charge in [0, 0.05) is 12.1 Å². The first-order valence-corrected chi connectivity index (χ1v) is 5.34. The van der Waals surface area contributed by atoms with Crippen LogP contribution < -0.4 is 11.1 Å². The number of nitrogens with one attached hydrogen (secondary N) is 1. The summed E-state index contributed by atoms with van der Waals surface area (Å²) in [4.78, 5) is 11.3. The first kappa shape index (κ1) is 12.3. The molecule has 15 heavy (non-hydrogen) atoms. The normalized spacial score (nSPS) is 10.1. The zero-order chi connectivity index (χ0) is 11.3. The summed E-state index contributed by atoms with van der Waals surface area (Å²) >= 11 is 11.5. The molecule has 0 aliphatic rings. The molecule has 5 heteroatoms. The van der Waals surface area contributed by atoms with Crippen LogP contribution >= 0.6 is 23.2 Å². The van der Waals surface area contributed by atoms with Crippen molar-refractivity contribution in [1.82, 2.24) is 0 Å². The van der Waals surface area contributed by atoms with Crippen LogP contribution in [0.4, 0.5) is 5.69 Å². The van der Waals surface area contributed by atoms with E-state index in [1.807, 2.05) is 0 Å². The molecule has 0 radical (unpaired) electrons. The van der Waals surface area contributed by atoms with Crippen LogP contribution in [0.5, 0.6) is 0 Å². The second-order valence-electron chi connectivity index (χ2n) is 3.07. The first-order chi connectivity index (χ1) is 7.13. The zero-order valence-electron chi connectivity index (χ0n) is 8.09. The third-order valence-corrected chi connectivity index (χ3v) is 2.55. The molecule has 82 valence electrons. The second kappa shape index (κ2) is 5.95. The number of benzene rings is 1. The highest BCUT2D eigenvalue weighted by molar-refractivity contribution is 6.42. The minimum atomic E-state index is -0.0705. The van der Waals surface area contributed by atoms with Crippen molar-refractivity contribution in [3.63, 3.8) is 0 Å². The molecule has 0 aliphatic carbocycles. The van der Waals surface area contributed by atoms with Crippen molar-refractivity contribution in [3.8, 4) is 0 Å². The monoisotopic (exact) mass is 246 g/mol. The molecule has 1 aromatic carbocycles. The maximum atomic E-state index is 11.3. The van der Waals surface area contributed by atoms with Gasteiger partial charge in [-0.25, -0.2) is 0 Å². The van der Waals surface area contributed by atoms with Crippen LogP contribution in [0.2, 0.25) is 10.0 Å². The minimum absolute atomic E-state index is 0.0705. The Labute approximate surface area is 98.5 Å². The summed E-state index contributed by atoms with van der Waals surface area (Å²) in [5.74, 6) is -0.0705. The summed E-state index contributed by atoms with van der Waals surface area (Å²) < 4.78 is 0. The standard InChI is InChI=1S/C10H12Cl2N2O/c11-8-4-3-7(6-9(8)12)14-10(15)2-1-5-13/h3-4,6H,1-2,5,13H2,(H,14,15). The SMILES string of the molecule is NCCCC(=O)Nc1ccc(Cl)c(Cl)c1. The number of amides is 1. The number of carbonyl (C=O) groups excluding carboxylic acids is 1. The van der Waals surface area contributed by atoms with Gasteiger partial charge in [-0.3, -0.25) is 4.79 Å². The Morgan fingerprint density at radius 2 is 2.07 bits per heavy atom. The molecule has 0 bridgehead atoms. The molecule has 0 aromatic heterocycles. The van der Waals surface area contributed by atoms with Crippen LogP contribution in [0.15, 0.2) is 18.2 Å². The Bertz CT molecular complexity index is 355. The van der Waals surface area contributed by atoms with Crippen molar-refractivity contribution >= 4 is 34.8 Å². The van der Waals surface area contributed by atoms with E-state index in [4.69, 9.17) is 28.9 Å². The smallest absolute Gasteiger partial charge is 0.224 e. The maximum absolute atomic E-state index is 11.3. The molecule has 0 saturated heterocycles. The lowest BCUT2D eigenvalue weighted by molar-refractivity contribution is -0.116. The summed E-state index contributed by atoms with van der Waals surface area (Å²) in [5.41, 5.74) is 5.94. The van der Waals surface area contributed by atoms with E-state index in [1.165, 1.54) is 0 Å². The highest BCUT2D eigenvalue weighted by atomic mass is 35.5. The number of nitrogens with two attached hydrogens (primary N) is 1. The Morgan fingerprint density at radius 1 is 1.33 bits per heavy atom. The molecule has 0 saturated carbocycles. The first-order valence-electron chi connectivity index (χ1n) is 4.58. The van der Waals surface area contributed by atoms with Crippen LogP contribution in [0, 0.1) is 0 Å². The van der Waals surface area contributed by atoms with E-state index in [0.29, 0.717) is 35.1 Å². The quantitative estimate of drug-likeness (QED) is 0.859. The van der Waals surface area contributed by atoms with Gasteiger partial charge >= 0.3 is 0 Å². The largest absolute Gasteiger partial charge is 0.330 e. The molecular weight excluding hydrogens is 235 g/mol. The Morgan fingerprint density at radius 3 is 2.67 bits per heavy atom. The molecule has 1 rings (SSSR count). The lowest BCUT2D eigenvalue weighted by atomic mass is 10.2. The van der Waals surface area contributed by atoms with Gasteiger partial charge in [-0.05, 0) is 31.2 Å². The van der Waals surface area contributed by atoms with Gasteiger partial charge in [-0.15, -0.1) is 0 Å². The molecule has 0 spiro atoms. The Balaban J connectivity index is 2.57. The molecule has 0 aliphatic heterocycles. The van der Waals surface area contributed by atoms with E-state index >= 15 is 0 Å². The lowest BCUT2D eigenvalue weighted by Gasteiger charge is -2.05. The summed E-state index contributed by atoms with van der Waals surface area (Å²) in [5, 5.41) is 3.60. The number of rotatable bonds is 4. The van der Waals surface area contributed by atoms with Crippen LogP contribution in [-0.2, 0) is 4.79 Å². The zero-order valence-corrected chi connectivity index (χ0v) is 9.61. The summed E-state index contributed by atoms with van der Waals surface area (Å²) in [6, 6.07) is 4.96. The van der Waals surface area contributed by atoms with Gasteiger partial charge in [0.2, 0.25) is 5.91 Å². The fraction of sp³-hybridized carbons (Fsp3) is 0.300. The maximum Gasteiger partial charge on any atom is 0.224 e. The number of hydrogen-bond donors (Lipinski definition) is 2. The third kappa shape index (κ3) is 4.08. The predicted molar refractivity (Wildman–Crippen MR) is 63.4 cm³/mol. The predicted octanol–water partition coefficient (Wildman–Crippen LogP) is 2.67. The van der Waals surface area contributed by atoms with Gasteiger partial charge in [0.25, 0.3) is 0 Å². The summed E-state index contributed by atoms with van der Waals surface area (Å²) in [7, 11) is 0. The Hall–Kier alpha value is -0.770. The molecule has 0 heterocycles. The van der Waals surface area contributed by atoms with Gasteiger partial charge in [0.15, 0.2) is 0 Å². The molecule has 1 amide bonds. The molecule has 3 nitrogen and oxygen atoms in total. The average molecular weight is 247 g/mol. The van der Waals surface area contributed by atoms with Gasteiger partial charge in [-0.2, -0.15) is 0 Å². The van der Waals surface area contributed by atoms with Crippen LogP contribution in [0.3, 0.4) is 0 Å². The van der Waals surface area contributed by atoms with Crippen LogP contribution in [0.1, 0.15) is 12.8 Å². The van der Waals surface area contributed by atoms with E-state index in [9.17, 15) is 4.79 Å². The highest BCUT2D eigenvalue weighted by Crippen LogP contribution is 2.24. The molecule has 3 N–H and O–H groups in total. The highest BCUT2D eigenvalue weighted by Gasteiger charge is 2.03. The number of halogens is 2. The van der Waals surface area contributed by atoms with Crippen molar-refractivity contribution in [2.75, 3.05) is 11.9 Å². The van der Waals surface area contributed by atoms with E-state index < -0.39 is 0 Å². The second-order valence-corrected chi connectivity index (χ2v) is 3.88. The van der Waals surface area contributed by atoms with Crippen LogP contribution in [-0.4, -0.2) is 12.5 Å². The fourth-order valence-corrected chi connectivity index (χ4v) is 1.36. The van der Waals surface area contributed by atoms with E-state index in [0.717, 1.165) is 0 Å². The molecule has 1 aromatic rings. The molecule has 0 atom stereocenters. The average Bonchev–Trinajstić information content (AvgIpc) is 2.20. The van der Waals surface area contributed by atoms with Gasteiger partial charge in [0.1, 0.15) is 0 Å². The molecular formula is C10H12Cl2N2O. The van der Waals surface area contributed by atoms with Gasteiger partial charge in [-0.1, -0.05) is 23.2 Å². The van der Waals surface area contributed by atoms with Crippen molar-refractivity contribution in [2.45, 2.75) is 12.8 Å². The van der Waals surface area contributed by atoms with Crippen molar-refractivity contribution in [1.29, 1.82) is 0 Å². The van der Waals surface area contributed by atoms with E-state index in [2.05, 4.69) is 5.32 Å².